The summed E-state index contributed by atoms with van der Waals surface area (Å²) in [5, 5.41) is 46.8. The Bertz CT molecular complexity index is 1040. The van der Waals surface area contributed by atoms with Crippen molar-refractivity contribution in [3.8, 4) is 30.3 Å². The lowest BCUT2D eigenvalue weighted by atomic mass is 9.89. The van der Waals surface area contributed by atoms with E-state index >= 15 is 0 Å². The Morgan fingerprint density at radius 3 is 1.55 bits per heavy atom. The quantitative estimate of drug-likeness (QED) is 0.727. The second kappa shape index (κ2) is 5.22. The first kappa shape index (κ1) is 14.5. The molecule has 0 saturated carbocycles. The maximum atomic E-state index is 9.40. The molecule has 6 nitrogen and oxygen atoms in total. The van der Waals surface area contributed by atoms with Crippen LogP contribution < -0.4 is 0 Å². The predicted octanol–water partition coefficient (Wildman–Crippen LogP) is 2.21. The van der Waals surface area contributed by atoms with E-state index in [0.29, 0.717) is 11.3 Å². The lowest BCUT2D eigenvalue weighted by Gasteiger charge is -2.12. The van der Waals surface area contributed by atoms with Crippen molar-refractivity contribution in [3.63, 3.8) is 0 Å². The molecule has 100 valence electrons. The van der Waals surface area contributed by atoms with Gasteiger partial charge >= 0.3 is 0 Å². The van der Waals surface area contributed by atoms with E-state index in [2.05, 4.69) is 4.98 Å². The Hall–Kier alpha value is -3.92. The lowest BCUT2D eigenvalue weighted by molar-refractivity contribution is 1.18. The zero-order chi connectivity index (χ0) is 16.4. The Balaban J connectivity index is 3.38. The molecule has 0 bridgehead atoms. The summed E-state index contributed by atoms with van der Waals surface area (Å²) >= 11 is 0. The van der Waals surface area contributed by atoms with Gasteiger partial charge in [-0.1, -0.05) is 0 Å². The van der Waals surface area contributed by atoms with E-state index in [9.17, 15) is 26.3 Å². The highest BCUT2D eigenvalue weighted by Gasteiger charge is 2.24. The highest BCUT2D eigenvalue weighted by Crippen LogP contribution is 2.32. The number of aryl methyl sites for hydroxylation is 1. The summed E-state index contributed by atoms with van der Waals surface area (Å²) in [6, 6.07) is 9.29. The first-order chi connectivity index (χ1) is 10.5. The van der Waals surface area contributed by atoms with E-state index < -0.39 is 0 Å². The van der Waals surface area contributed by atoms with Crippen LogP contribution in [0.15, 0.2) is 0 Å². The van der Waals surface area contributed by atoms with E-state index in [4.69, 9.17) is 0 Å². The number of nitriles is 5. The minimum Gasteiger partial charge on any atom is -0.251 e. The molecule has 0 amide bonds. The van der Waals surface area contributed by atoms with Gasteiger partial charge in [0.25, 0.3) is 0 Å². The number of aromatic nitrogens is 1. The molecule has 1 aromatic carbocycles. The molecule has 0 spiro atoms. The molecule has 1 heterocycles. The molecule has 0 fully saturated rings. The number of rotatable bonds is 0. The maximum absolute atomic E-state index is 9.40. The fraction of sp³-hybridized carbons (Fsp3) is 0.125. The van der Waals surface area contributed by atoms with Crippen LogP contribution >= 0.6 is 0 Å². The van der Waals surface area contributed by atoms with Crippen LogP contribution in [-0.4, -0.2) is 4.98 Å². The molecule has 2 rings (SSSR count). The molecule has 2 aromatic rings. The van der Waals surface area contributed by atoms with Crippen LogP contribution in [0.25, 0.3) is 10.9 Å². The topological polar surface area (TPSA) is 132 Å². The molecule has 0 aliphatic heterocycles. The van der Waals surface area contributed by atoms with Crippen LogP contribution in [0.3, 0.4) is 0 Å². The Labute approximate surface area is 126 Å². The third kappa shape index (κ3) is 1.72. The normalized spacial score (nSPS) is 9.14. The van der Waals surface area contributed by atoms with Crippen molar-refractivity contribution in [1.29, 1.82) is 26.3 Å². The number of fused-ring (bicyclic) bond motifs is 1. The van der Waals surface area contributed by atoms with Gasteiger partial charge in [0.15, 0.2) is 0 Å². The second-order valence-corrected chi connectivity index (χ2v) is 4.48. The highest BCUT2D eigenvalue weighted by atomic mass is 14.7. The molecule has 6 heteroatoms. The van der Waals surface area contributed by atoms with Gasteiger partial charge in [0.1, 0.15) is 30.3 Å². The molecular formula is C16H6N6. The molecule has 0 radical (unpaired) electrons. The predicted molar refractivity (Wildman–Crippen MR) is 74.8 cm³/mol. The van der Waals surface area contributed by atoms with Crippen LogP contribution in [0, 0.1) is 70.5 Å². The summed E-state index contributed by atoms with van der Waals surface area (Å²) in [5.41, 5.74) is 0.824. The van der Waals surface area contributed by atoms with Crippen LogP contribution in [0.2, 0.25) is 0 Å². The van der Waals surface area contributed by atoms with Crippen LogP contribution in [0.5, 0.6) is 0 Å². The number of benzene rings is 1. The Kier molecular flexibility index (Phi) is 3.44. The van der Waals surface area contributed by atoms with Gasteiger partial charge in [-0.3, -0.25) is 4.98 Å². The Morgan fingerprint density at radius 1 is 0.636 bits per heavy atom. The molecule has 0 atom stereocenters. The first-order valence-corrected chi connectivity index (χ1v) is 6.07. The summed E-state index contributed by atoms with van der Waals surface area (Å²) in [6.07, 6.45) is 0. The Morgan fingerprint density at radius 2 is 1.09 bits per heavy atom. The van der Waals surface area contributed by atoms with Crippen LogP contribution in [-0.2, 0) is 0 Å². The minimum atomic E-state index is -0.199. The minimum absolute atomic E-state index is 0.0901. The summed E-state index contributed by atoms with van der Waals surface area (Å²) in [7, 11) is 0. The fourth-order valence-electron chi connectivity index (χ4n) is 2.30. The molecule has 0 N–H and O–H groups in total. The third-order valence-electron chi connectivity index (χ3n) is 3.48. The van der Waals surface area contributed by atoms with Gasteiger partial charge in [-0.25, -0.2) is 0 Å². The van der Waals surface area contributed by atoms with Gasteiger partial charge in [-0.05, 0) is 19.4 Å². The molecule has 0 aliphatic rings. The average Bonchev–Trinajstić information content (AvgIpc) is 2.53. The van der Waals surface area contributed by atoms with Gasteiger partial charge in [0.2, 0.25) is 0 Å². The standard InChI is InChI=1S/C16H6N6/c1-8-9(2)22-16-14(7-21)12(5-19)11(4-18)13(6-20)15(16)10(8)3-17/h1-2H3. The maximum Gasteiger partial charge on any atom is 0.103 e. The summed E-state index contributed by atoms with van der Waals surface area (Å²) < 4.78 is 0. The first-order valence-electron chi connectivity index (χ1n) is 6.07. The number of hydrogen-bond donors (Lipinski definition) is 0. The van der Waals surface area contributed by atoms with Crippen molar-refractivity contribution in [2.45, 2.75) is 13.8 Å². The van der Waals surface area contributed by atoms with Crippen molar-refractivity contribution in [3.05, 3.63) is 39.1 Å². The monoisotopic (exact) mass is 282 g/mol. The summed E-state index contributed by atoms with van der Waals surface area (Å²) in [6.45, 7) is 3.35. The molecular weight excluding hydrogens is 276 g/mol. The summed E-state index contributed by atoms with van der Waals surface area (Å²) in [4.78, 5) is 4.26. The SMILES string of the molecule is Cc1nc2c(C#N)c(C#N)c(C#N)c(C#N)c2c(C#N)c1C. The average molecular weight is 282 g/mol. The zero-order valence-corrected chi connectivity index (χ0v) is 11.7. The largest absolute Gasteiger partial charge is 0.251 e. The van der Waals surface area contributed by atoms with Crippen LogP contribution in [0.1, 0.15) is 39.1 Å². The van der Waals surface area contributed by atoms with Gasteiger partial charge in [-0.15, -0.1) is 0 Å². The molecule has 0 aliphatic carbocycles. The molecule has 1 aromatic heterocycles. The fourth-order valence-corrected chi connectivity index (χ4v) is 2.30. The van der Waals surface area contributed by atoms with Gasteiger partial charge in [-0.2, -0.15) is 26.3 Å². The number of hydrogen-bond acceptors (Lipinski definition) is 6. The number of nitrogens with zero attached hydrogens (tertiary/aromatic N) is 6. The summed E-state index contributed by atoms with van der Waals surface area (Å²) in [5.74, 6) is 0. The molecule has 0 saturated heterocycles. The van der Waals surface area contributed by atoms with Gasteiger partial charge in [0.05, 0.1) is 33.3 Å². The van der Waals surface area contributed by atoms with E-state index in [-0.39, 0.29) is 38.7 Å². The van der Waals surface area contributed by atoms with E-state index in [0.717, 1.165) is 0 Å². The zero-order valence-electron chi connectivity index (χ0n) is 11.7. The van der Waals surface area contributed by atoms with Crippen LogP contribution in [0.4, 0.5) is 0 Å². The smallest absolute Gasteiger partial charge is 0.103 e. The van der Waals surface area contributed by atoms with Gasteiger partial charge < -0.3 is 0 Å². The van der Waals surface area contributed by atoms with E-state index in [1.807, 2.05) is 18.2 Å². The van der Waals surface area contributed by atoms with Crippen molar-refractivity contribution < 1.29 is 0 Å². The van der Waals surface area contributed by atoms with E-state index in [1.54, 1.807) is 26.0 Å². The van der Waals surface area contributed by atoms with Crippen molar-refractivity contribution in [2.24, 2.45) is 0 Å². The second-order valence-electron chi connectivity index (χ2n) is 4.48. The van der Waals surface area contributed by atoms with Crippen molar-refractivity contribution in [1.82, 2.24) is 4.98 Å². The highest BCUT2D eigenvalue weighted by molar-refractivity contribution is 5.98. The van der Waals surface area contributed by atoms with Crippen molar-refractivity contribution >= 4 is 10.9 Å². The van der Waals surface area contributed by atoms with Crippen molar-refractivity contribution in [2.75, 3.05) is 0 Å². The van der Waals surface area contributed by atoms with E-state index in [1.165, 1.54) is 0 Å². The van der Waals surface area contributed by atoms with Gasteiger partial charge in [0, 0.05) is 11.1 Å². The third-order valence-corrected chi connectivity index (χ3v) is 3.48. The lowest BCUT2D eigenvalue weighted by Crippen LogP contribution is -2.04. The molecule has 22 heavy (non-hydrogen) atoms. The molecule has 0 unspecified atom stereocenters. The number of pyridine rings is 1.